The van der Waals surface area contributed by atoms with Crippen molar-refractivity contribution in [3.05, 3.63) is 12.2 Å². The molecule has 0 radical (unpaired) electrons. The molecule has 78 valence electrons. The summed E-state index contributed by atoms with van der Waals surface area (Å²) in [5, 5.41) is 4.09. The van der Waals surface area contributed by atoms with Crippen molar-refractivity contribution in [3.63, 3.8) is 0 Å². The fourth-order valence-electron chi connectivity index (χ4n) is 2.02. The average Bonchev–Trinajstić information content (AvgIpc) is 2.56. The average molecular weight is 195 g/mol. The number of aryl methyl sites for hydroxylation is 1. The van der Waals surface area contributed by atoms with Crippen molar-refractivity contribution in [2.45, 2.75) is 24.9 Å². The summed E-state index contributed by atoms with van der Waals surface area (Å²) in [6.07, 6.45) is 3.65. The first kappa shape index (κ1) is 9.61. The van der Waals surface area contributed by atoms with Gasteiger partial charge in [0.1, 0.15) is 12.2 Å². The fourth-order valence-corrected chi connectivity index (χ4v) is 2.02. The van der Waals surface area contributed by atoms with Gasteiger partial charge >= 0.3 is 0 Å². The summed E-state index contributed by atoms with van der Waals surface area (Å²) in [6.45, 7) is 1.04. The zero-order valence-corrected chi connectivity index (χ0v) is 8.72. The molecule has 2 atom stereocenters. The topological polar surface area (TPSA) is 60.0 Å². The SMILES string of the molecule is CN1CCC(N)CC1c1ncnn1C. The van der Waals surface area contributed by atoms with Gasteiger partial charge in [0.25, 0.3) is 0 Å². The highest BCUT2D eigenvalue weighted by Gasteiger charge is 2.28. The van der Waals surface area contributed by atoms with Crippen LogP contribution >= 0.6 is 0 Å². The van der Waals surface area contributed by atoms with Crippen molar-refractivity contribution in [3.8, 4) is 0 Å². The van der Waals surface area contributed by atoms with Crippen LogP contribution in [0.4, 0.5) is 0 Å². The van der Waals surface area contributed by atoms with Crippen LogP contribution in [-0.2, 0) is 7.05 Å². The first-order valence-corrected chi connectivity index (χ1v) is 4.98. The predicted molar refractivity (Wildman–Crippen MR) is 53.6 cm³/mol. The Hall–Kier alpha value is -0.940. The second-order valence-electron chi connectivity index (χ2n) is 4.02. The molecule has 0 aliphatic carbocycles. The molecule has 5 nitrogen and oxygen atoms in total. The number of nitrogens with zero attached hydrogens (tertiary/aromatic N) is 4. The van der Waals surface area contributed by atoms with Crippen molar-refractivity contribution < 1.29 is 0 Å². The molecule has 0 spiro atoms. The van der Waals surface area contributed by atoms with Gasteiger partial charge in [-0.2, -0.15) is 5.10 Å². The number of piperidine rings is 1. The minimum absolute atomic E-state index is 0.299. The minimum atomic E-state index is 0.299. The van der Waals surface area contributed by atoms with E-state index in [4.69, 9.17) is 5.73 Å². The molecule has 5 heteroatoms. The van der Waals surface area contributed by atoms with Crippen molar-refractivity contribution in [2.75, 3.05) is 13.6 Å². The van der Waals surface area contributed by atoms with Crippen molar-refractivity contribution >= 4 is 0 Å². The van der Waals surface area contributed by atoms with E-state index in [0.29, 0.717) is 12.1 Å². The fraction of sp³-hybridized carbons (Fsp3) is 0.778. The molecule has 1 aliphatic heterocycles. The maximum absolute atomic E-state index is 5.96. The first-order valence-electron chi connectivity index (χ1n) is 4.98. The molecule has 1 fully saturated rings. The maximum Gasteiger partial charge on any atom is 0.143 e. The Morgan fingerprint density at radius 1 is 1.50 bits per heavy atom. The van der Waals surface area contributed by atoms with Crippen molar-refractivity contribution in [2.24, 2.45) is 12.8 Å². The van der Waals surface area contributed by atoms with Gasteiger partial charge in [-0.05, 0) is 19.9 Å². The molecule has 0 amide bonds. The molecule has 1 saturated heterocycles. The van der Waals surface area contributed by atoms with Gasteiger partial charge < -0.3 is 5.73 Å². The number of hydrogen-bond donors (Lipinski definition) is 1. The molecule has 14 heavy (non-hydrogen) atoms. The third-order valence-corrected chi connectivity index (χ3v) is 2.96. The van der Waals surface area contributed by atoms with Crippen LogP contribution in [0.2, 0.25) is 0 Å². The van der Waals surface area contributed by atoms with Crippen LogP contribution in [0.5, 0.6) is 0 Å². The van der Waals surface area contributed by atoms with E-state index in [1.54, 1.807) is 6.33 Å². The Kier molecular flexibility index (Phi) is 2.52. The highest BCUT2D eigenvalue weighted by Crippen LogP contribution is 2.26. The van der Waals surface area contributed by atoms with E-state index < -0.39 is 0 Å². The molecule has 0 saturated carbocycles. The Morgan fingerprint density at radius 2 is 2.29 bits per heavy atom. The number of likely N-dealkylation sites (tertiary alicyclic amines) is 1. The maximum atomic E-state index is 5.96. The van der Waals surface area contributed by atoms with Gasteiger partial charge in [-0.15, -0.1) is 0 Å². The lowest BCUT2D eigenvalue weighted by molar-refractivity contribution is 0.160. The molecule has 0 aromatic carbocycles. The summed E-state index contributed by atoms with van der Waals surface area (Å²) in [6, 6.07) is 0.624. The first-order chi connectivity index (χ1) is 6.68. The summed E-state index contributed by atoms with van der Waals surface area (Å²) >= 11 is 0. The van der Waals surface area contributed by atoms with E-state index in [1.807, 2.05) is 11.7 Å². The summed E-state index contributed by atoms with van der Waals surface area (Å²) in [5.41, 5.74) is 5.96. The van der Waals surface area contributed by atoms with Gasteiger partial charge in [0.15, 0.2) is 0 Å². The lowest BCUT2D eigenvalue weighted by Gasteiger charge is -2.34. The van der Waals surface area contributed by atoms with E-state index in [2.05, 4.69) is 22.0 Å². The number of nitrogens with two attached hydrogens (primary N) is 1. The number of rotatable bonds is 1. The van der Waals surface area contributed by atoms with Crippen LogP contribution in [0, 0.1) is 0 Å². The molecule has 1 aromatic heterocycles. The van der Waals surface area contributed by atoms with Crippen LogP contribution in [0.3, 0.4) is 0 Å². The van der Waals surface area contributed by atoms with Crippen molar-refractivity contribution in [1.29, 1.82) is 0 Å². The van der Waals surface area contributed by atoms with Crippen LogP contribution < -0.4 is 5.73 Å². The Bertz CT molecular complexity index is 308. The second kappa shape index (κ2) is 3.67. The molecule has 2 N–H and O–H groups in total. The van der Waals surface area contributed by atoms with E-state index in [0.717, 1.165) is 25.2 Å². The van der Waals surface area contributed by atoms with Crippen LogP contribution in [0.15, 0.2) is 6.33 Å². The third-order valence-electron chi connectivity index (χ3n) is 2.96. The molecule has 1 aliphatic rings. The minimum Gasteiger partial charge on any atom is -0.328 e. The highest BCUT2D eigenvalue weighted by atomic mass is 15.3. The van der Waals surface area contributed by atoms with Gasteiger partial charge in [-0.3, -0.25) is 9.58 Å². The zero-order chi connectivity index (χ0) is 10.1. The van der Waals surface area contributed by atoms with Gasteiger partial charge in [0.2, 0.25) is 0 Å². The molecular weight excluding hydrogens is 178 g/mol. The van der Waals surface area contributed by atoms with Gasteiger partial charge in [-0.1, -0.05) is 0 Å². The lowest BCUT2D eigenvalue weighted by Crippen LogP contribution is -2.40. The standard InChI is InChI=1S/C9H17N5/c1-13-4-3-7(10)5-8(13)9-11-6-12-14(9)2/h6-8H,3-5,10H2,1-2H3. The summed E-state index contributed by atoms with van der Waals surface area (Å²) in [4.78, 5) is 6.58. The normalized spacial score (nSPS) is 29.4. The molecule has 2 rings (SSSR count). The van der Waals surface area contributed by atoms with Crippen LogP contribution in [0.25, 0.3) is 0 Å². The van der Waals surface area contributed by atoms with Crippen LogP contribution in [-0.4, -0.2) is 39.3 Å². The summed E-state index contributed by atoms with van der Waals surface area (Å²) in [7, 11) is 4.04. The highest BCUT2D eigenvalue weighted by molar-refractivity contribution is 4.98. The van der Waals surface area contributed by atoms with Gasteiger partial charge in [0, 0.05) is 19.6 Å². The van der Waals surface area contributed by atoms with Gasteiger partial charge in [-0.25, -0.2) is 4.98 Å². The Labute approximate surface area is 83.9 Å². The zero-order valence-electron chi connectivity index (χ0n) is 8.72. The molecule has 0 bridgehead atoms. The summed E-state index contributed by atoms with van der Waals surface area (Å²) in [5.74, 6) is 1.02. The summed E-state index contributed by atoms with van der Waals surface area (Å²) < 4.78 is 1.83. The van der Waals surface area contributed by atoms with E-state index in [1.165, 1.54) is 0 Å². The largest absolute Gasteiger partial charge is 0.328 e. The molecule has 1 aromatic rings. The third kappa shape index (κ3) is 1.65. The smallest absolute Gasteiger partial charge is 0.143 e. The van der Waals surface area contributed by atoms with Crippen LogP contribution in [0.1, 0.15) is 24.7 Å². The Balaban J connectivity index is 2.20. The second-order valence-corrected chi connectivity index (χ2v) is 4.02. The monoisotopic (exact) mass is 195 g/mol. The predicted octanol–water partition coefficient (Wildman–Crippen LogP) is -0.0909. The lowest BCUT2D eigenvalue weighted by atomic mass is 9.98. The van der Waals surface area contributed by atoms with Crippen molar-refractivity contribution in [1.82, 2.24) is 19.7 Å². The molecule has 2 heterocycles. The van der Waals surface area contributed by atoms with E-state index >= 15 is 0 Å². The number of aromatic nitrogens is 3. The number of hydrogen-bond acceptors (Lipinski definition) is 4. The van der Waals surface area contributed by atoms with E-state index in [9.17, 15) is 0 Å². The quantitative estimate of drug-likeness (QED) is 0.680. The Morgan fingerprint density at radius 3 is 2.93 bits per heavy atom. The molecular formula is C9H17N5. The van der Waals surface area contributed by atoms with E-state index in [-0.39, 0.29) is 0 Å². The molecule has 2 unspecified atom stereocenters. The van der Waals surface area contributed by atoms with Gasteiger partial charge in [0.05, 0.1) is 6.04 Å².